The number of nitro groups is 1. The molecule has 0 atom stereocenters. The molecule has 5 nitrogen and oxygen atoms in total. The zero-order chi connectivity index (χ0) is 15.4. The summed E-state index contributed by atoms with van der Waals surface area (Å²) in [7, 11) is 0. The van der Waals surface area contributed by atoms with Crippen LogP contribution in [0.15, 0.2) is 42.5 Å². The van der Waals surface area contributed by atoms with E-state index in [1.807, 2.05) is 19.1 Å². The van der Waals surface area contributed by atoms with Crippen molar-refractivity contribution in [2.45, 2.75) is 13.8 Å². The number of benzene rings is 2. The highest BCUT2D eigenvalue weighted by Gasteiger charge is 2.15. The first-order valence-corrected chi connectivity index (χ1v) is 6.45. The Labute approximate surface area is 122 Å². The molecule has 0 radical (unpaired) electrons. The summed E-state index contributed by atoms with van der Waals surface area (Å²) in [5.41, 5.74) is 2.03. The van der Waals surface area contributed by atoms with Crippen molar-refractivity contribution in [3.63, 3.8) is 0 Å². The standard InChI is InChI=1S/C16H15NO4/c1-11-6-8-13(9-7-11)15(18)10-21-16-5-3-4-14(12(16)2)17(19)20/h3-9H,10H2,1-2H3. The number of aryl methyl sites for hydroxylation is 1. The average Bonchev–Trinajstić information content (AvgIpc) is 2.46. The molecule has 0 unspecified atom stereocenters. The van der Waals surface area contributed by atoms with Crippen molar-refractivity contribution in [1.82, 2.24) is 0 Å². The van der Waals surface area contributed by atoms with E-state index >= 15 is 0 Å². The van der Waals surface area contributed by atoms with Gasteiger partial charge < -0.3 is 4.74 Å². The lowest BCUT2D eigenvalue weighted by atomic mass is 10.1. The highest BCUT2D eigenvalue weighted by atomic mass is 16.6. The van der Waals surface area contributed by atoms with Crippen molar-refractivity contribution < 1.29 is 14.5 Å². The maximum atomic E-state index is 12.0. The van der Waals surface area contributed by atoms with Crippen molar-refractivity contribution >= 4 is 11.5 Å². The third-order valence-electron chi connectivity index (χ3n) is 3.18. The van der Waals surface area contributed by atoms with E-state index in [-0.39, 0.29) is 18.1 Å². The summed E-state index contributed by atoms with van der Waals surface area (Å²) in [6.07, 6.45) is 0. The second-order valence-corrected chi connectivity index (χ2v) is 4.74. The highest BCUT2D eigenvalue weighted by Crippen LogP contribution is 2.27. The predicted octanol–water partition coefficient (Wildman–Crippen LogP) is 3.47. The molecule has 0 heterocycles. The second kappa shape index (κ2) is 6.17. The van der Waals surface area contributed by atoms with Gasteiger partial charge in [-0.15, -0.1) is 0 Å². The van der Waals surface area contributed by atoms with Crippen LogP contribution in [0, 0.1) is 24.0 Å². The van der Waals surface area contributed by atoms with Crippen molar-refractivity contribution in [1.29, 1.82) is 0 Å². The molecule has 2 aromatic carbocycles. The van der Waals surface area contributed by atoms with Gasteiger partial charge in [0, 0.05) is 11.6 Å². The van der Waals surface area contributed by atoms with E-state index in [1.165, 1.54) is 12.1 Å². The minimum atomic E-state index is -0.468. The maximum Gasteiger partial charge on any atom is 0.276 e. The third kappa shape index (κ3) is 3.45. The number of ether oxygens (including phenoxy) is 1. The van der Waals surface area contributed by atoms with Gasteiger partial charge in [0.05, 0.1) is 10.5 Å². The summed E-state index contributed by atoms with van der Waals surface area (Å²) in [6.45, 7) is 3.39. The fourth-order valence-electron chi connectivity index (χ4n) is 1.92. The quantitative estimate of drug-likeness (QED) is 0.479. The maximum absolute atomic E-state index is 12.0. The van der Waals surface area contributed by atoms with E-state index in [0.717, 1.165) is 5.56 Å². The molecule has 0 fully saturated rings. The van der Waals surface area contributed by atoms with Gasteiger partial charge in [-0.1, -0.05) is 35.9 Å². The lowest BCUT2D eigenvalue weighted by Crippen LogP contribution is -2.12. The fourth-order valence-corrected chi connectivity index (χ4v) is 1.92. The van der Waals surface area contributed by atoms with Crippen LogP contribution >= 0.6 is 0 Å². The number of rotatable bonds is 5. The number of Topliss-reactive ketones (excluding diaryl/α,β-unsaturated/α-hetero) is 1. The molecule has 21 heavy (non-hydrogen) atoms. The Morgan fingerprint density at radius 3 is 2.43 bits per heavy atom. The van der Waals surface area contributed by atoms with E-state index in [4.69, 9.17) is 4.74 Å². The first-order valence-electron chi connectivity index (χ1n) is 6.45. The number of nitro benzene ring substituents is 1. The summed E-state index contributed by atoms with van der Waals surface area (Å²) in [6, 6.07) is 11.7. The molecule has 0 spiro atoms. The molecule has 0 aliphatic carbocycles. The van der Waals surface area contributed by atoms with Gasteiger partial charge in [-0.25, -0.2) is 0 Å². The lowest BCUT2D eigenvalue weighted by molar-refractivity contribution is -0.385. The van der Waals surface area contributed by atoms with Crippen molar-refractivity contribution in [2.75, 3.05) is 6.61 Å². The number of hydrogen-bond acceptors (Lipinski definition) is 4. The SMILES string of the molecule is Cc1ccc(C(=O)COc2cccc([N+](=O)[O-])c2C)cc1. The Balaban J connectivity index is 2.10. The van der Waals surface area contributed by atoms with Gasteiger partial charge in [0.15, 0.2) is 12.4 Å². The molecule has 2 aromatic rings. The normalized spacial score (nSPS) is 10.2. The van der Waals surface area contributed by atoms with Gasteiger partial charge in [0.2, 0.25) is 0 Å². The molecule has 0 aromatic heterocycles. The Kier molecular flexibility index (Phi) is 4.33. The molecule has 0 N–H and O–H groups in total. The van der Waals surface area contributed by atoms with Crippen LogP contribution in [0.5, 0.6) is 5.75 Å². The van der Waals surface area contributed by atoms with Crippen LogP contribution in [0.2, 0.25) is 0 Å². The summed E-state index contributed by atoms with van der Waals surface area (Å²) in [5, 5.41) is 10.8. The topological polar surface area (TPSA) is 69.4 Å². The first-order chi connectivity index (χ1) is 9.99. The van der Waals surface area contributed by atoms with Crippen molar-refractivity contribution in [2.24, 2.45) is 0 Å². The molecule has 0 aliphatic heterocycles. The van der Waals surface area contributed by atoms with Crippen LogP contribution in [-0.4, -0.2) is 17.3 Å². The van der Waals surface area contributed by atoms with E-state index < -0.39 is 4.92 Å². The van der Waals surface area contributed by atoms with Crippen LogP contribution in [-0.2, 0) is 0 Å². The minimum Gasteiger partial charge on any atom is -0.485 e. The largest absolute Gasteiger partial charge is 0.485 e. The Morgan fingerprint density at radius 2 is 1.81 bits per heavy atom. The molecule has 0 bridgehead atoms. The van der Waals surface area contributed by atoms with Crippen molar-refractivity contribution in [3.8, 4) is 5.75 Å². The molecule has 0 amide bonds. The summed E-state index contributed by atoms with van der Waals surface area (Å²) < 4.78 is 5.42. The van der Waals surface area contributed by atoms with E-state index in [0.29, 0.717) is 16.9 Å². The smallest absolute Gasteiger partial charge is 0.276 e. The van der Waals surface area contributed by atoms with Crippen molar-refractivity contribution in [3.05, 3.63) is 69.3 Å². The molecular weight excluding hydrogens is 270 g/mol. The molecule has 5 heteroatoms. The van der Waals surface area contributed by atoms with Crippen LogP contribution < -0.4 is 4.74 Å². The van der Waals surface area contributed by atoms with E-state index in [2.05, 4.69) is 0 Å². The summed E-state index contributed by atoms with van der Waals surface area (Å²) in [5.74, 6) is 0.186. The zero-order valence-corrected chi connectivity index (χ0v) is 11.8. The second-order valence-electron chi connectivity index (χ2n) is 4.74. The molecule has 0 saturated heterocycles. The van der Waals surface area contributed by atoms with Crippen LogP contribution in [0.1, 0.15) is 21.5 Å². The van der Waals surface area contributed by atoms with Gasteiger partial charge in [-0.3, -0.25) is 14.9 Å². The van der Waals surface area contributed by atoms with E-state index in [1.54, 1.807) is 25.1 Å². The molecule has 108 valence electrons. The van der Waals surface area contributed by atoms with Gasteiger partial charge >= 0.3 is 0 Å². The Hall–Kier alpha value is -2.69. The van der Waals surface area contributed by atoms with E-state index in [9.17, 15) is 14.9 Å². The van der Waals surface area contributed by atoms with Gasteiger partial charge in [0.1, 0.15) is 5.75 Å². The summed E-state index contributed by atoms with van der Waals surface area (Å²) in [4.78, 5) is 22.4. The number of carbonyl (C=O) groups is 1. The Morgan fingerprint density at radius 1 is 1.14 bits per heavy atom. The highest BCUT2D eigenvalue weighted by molar-refractivity contribution is 5.97. The number of ketones is 1. The van der Waals surface area contributed by atoms with Gasteiger partial charge in [-0.2, -0.15) is 0 Å². The van der Waals surface area contributed by atoms with Crippen LogP contribution in [0.25, 0.3) is 0 Å². The number of nitrogens with zero attached hydrogens (tertiary/aromatic N) is 1. The predicted molar refractivity (Wildman–Crippen MR) is 78.8 cm³/mol. The fraction of sp³-hybridized carbons (Fsp3) is 0.188. The minimum absolute atomic E-state index is 0.0183. The number of carbonyl (C=O) groups excluding carboxylic acids is 1. The van der Waals surface area contributed by atoms with Gasteiger partial charge in [-0.05, 0) is 19.9 Å². The molecule has 0 saturated carbocycles. The van der Waals surface area contributed by atoms with Crippen LogP contribution in [0.3, 0.4) is 0 Å². The number of hydrogen-bond donors (Lipinski definition) is 0. The molecule has 2 rings (SSSR count). The lowest BCUT2D eigenvalue weighted by Gasteiger charge is -2.08. The molecule has 0 aliphatic rings. The monoisotopic (exact) mass is 285 g/mol. The molecular formula is C16H15NO4. The summed E-state index contributed by atoms with van der Waals surface area (Å²) >= 11 is 0. The van der Waals surface area contributed by atoms with Gasteiger partial charge in [0.25, 0.3) is 5.69 Å². The van der Waals surface area contributed by atoms with Crippen LogP contribution in [0.4, 0.5) is 5.69 Å². The zero-order valence-electron chi connectivity index (χ0n) is 11.8. The first kappa shape index (κ1) is 14.7. The average molecular weight is 285 g/mol. The third-order valence-corrected chi connectivity index (χ3v) is 3.18. The Bertz CT molecular complexity index is 677.